The molecule has 0 bridgehead atoms. The van der Waals surface area contributed by atoms with Crippen molar-refractivity contribution >= 4 is 11.9 Å². The molecule has 0 aromatic heterocycles. The number of Topliss-reactive ketones (excluding diaryl/α,β-unsaturated/α-hetero) is 1. The van der Waals surface area contributed by atoms with E-state index in [-0.39, 0.29) is 18.3 Å². The van der Waals surface area contributed by atoms with Crippen molar-refractivity contribution < 1.29 is 28.1 Å². The largest absolute Gasteiger partial charge is 0.478 e. The van der Waals surface area contributed by atoms with Crippen molar-refractivity contribution in [1.82, 2.24) is 4.90 Å². The van der Waals surface area contributed by atoms with Gasteiger partial charge in [0.1, 0.15) is 24.0 Å². The first-order chi connectivity index (χ1) is 15.7. The lowest BCUT2D eigenvalue weighted by Crippen LogP contribution is -2.31. The smallest absolute Gasteiger partial charge is 0.231 e. The molecular formula is C25H18FNO5. The van der Waals surface area contributed by atoms with Crippen LogP contribution >= 0.6 is 0 Å². The molecule has 0 unspecified atom stereocenters. The maximum Gasteiger partial charge on any atom is 0.231 e. The first-order valence-electron chi connectivity index (χ1n) is 10.2. The van der Waals surface area contributed by atoms with E-state index in [1.165, 1.54) is 12.1 Å². The summed E-state index contributed by atoms with van der Waals surface area (Å²) in [6.07, 6.45) is 1.44. The number of fused-ring (bicyclic) bond motifs is 4. The Hall–Kier alpha value is -3.84. The van der Waals surface area contributed by atoms with Gasteiger partial charge in [0.2, 0.25) is 12.6 Å². The van der Waals surface area contributed by atoms with Crippen LogP contribution < -0.4 is 18.9 Å². The number of nitrogens with zero attached hydrogens (tertiary/aromatic N) is 1. The van der Waals surface area contributed by atoms with Crippen molar-refractivity contribution in [2.75, 3.05) is 13.5 Å². The second-order valence-corrected chi connectivity index (χ2v) is 7.83. The van der Waals surface area contributed by atoms with Gasteiger partial charge in [-0.3, -0.25) is 9.69 Å². The van der Waals surface area contributed by atoms with Gasteiger partial charge in [0.05, 0.1) is 11.1 Å². The fourth-order valence-corrected chi connectivity index (χ4v) is 4.14. The third-order valence-corrected chi connectivity index (χ3v) is 5.72. The number of rotatable bonds is 3. The molecule has 6 nitrogen and oxygen atoms in total. The minimum atomic E-state index is -0.410. The van der Waals surface area contributed by atoms with E-state index in [9.17, 15) is 9.18 Å². The lowest BCUT2D eigenvalue weighted by Gasteiger charge is -2.29. The van der Waals surface area contributed by atoms with Crippen LogP contribution in [0.1, 0.15) is 27.0 Å². The molecule has 0 spiro atoms. The summed E-state index contributed by atoms with van der Waals surface area (Å²) in [5, 5.41) is 0. The highest BCUT2D eigenvalue weighted by atomic mass is 19.1. The highest BCUT2D eigenvalue weighted by molar-refractivity contribution is 6.15. The number of carbonyl (C=O) groups is 1. The minimum absolute atomic E-state index is 0.103. The van der Waals surface area contributed by atoms with Gasteiger partial charge in [0.15, 0.2) is 17.3 Å². The van der Waals surface area contributed by atoms with E-state index in [0.717, 1.165) is 22.6 Å². The van der Waals surface area contributed by atoms with Gasteiger partial charge in [0.25, 0.3) is 0 Å². The Kier molecular flexibility index (Phi) is 4.36. The van der Waals surface area contributed by atoms with Crippen molar-refractivity contribution in [2.24, 2.45) is 0 Å². The number of allylic oxidation sites excluding steroid dienone is 1. The van der Waals surface area contributed by atoms with Gasteiger partial charge in [-0.25, -0.2) is 4.39 Å². The van der Waals surface area contributed by atoms with Gasteiger partial charge in [-0.15, -0.1) is 0 Å². The van der Waals surface area contributed by atoms with Crippen LogP contribution in [-0.2, 0) is 13.1 Å². The molecule has 3 aliphatic rings. The lowest BCUT2D eigenvalue weighted by atomic mass is 10.0. The SMILES string of the molecule is O=C1/C(=C/c2ccccc2F)Oc2c1ccc1c2CN(Cc2ccc3c(c2)OCO3)CO1. The van der Waals surface area contributed by atoms with Crippen LogP contribution in [0.5, 0.6) is 23.0 Å². The van der Waals surface area contributed by atoms with Crippen molar-refractivity contribution in [3.05, 3.63) is 88.4 Å². The summed E-state index contributed by atoms with van der Waals surface area (Å²) >= 11 is 0. The maximum atomic E-state index is 14.1. The number of benzene rings is 3. The first kappa shape index (κ1) is 18.9. The zero-order chi connectivity index (χ0) is 21.7. The van der Waals surface area contributed by atoms with Gasteiger partial charge in [0, 0.05) is 18.7 Å². The number of carbonyl (C=O) groups excluding carboxylic acids is 1. The molecule has 7 heteroatoms. The minimum Gasteiger partial charge on any atom is -0.478 e. The van der Waals surface area contributed by atoms with Gasteiger partial charge in [-0.1, -0.05) is 24.3 Å². The molecule has 0 N–H and O–H groups in total. The first-order valence-corrected chi connectivity index (χ1v) is 10.2. The van der Waals surface area contributed by atoms with Crippen molar-refractivity contribution in [2.45, 2.75) is 13.1 Å². The van der Waals surface area contributed by atoms with Crippen LogP contribution in [0.2, 0.25) is 0 Å². The van der Waals surface area contributed by atoms with Crippen LogP contribution in [0.25, 0.3) is 6.08 Å². The molecule has 0 amide bonds. The molecule has 3 heterocycles. The van der Waals surface area contributed by atoms with Gasteiger partial charge < -0.3 is 18.9 Å². The van der Waals surface area contributed by atoms with Crippen LogP contribution in [-0.4, -0.2) is 24.2 Å². The molecule has 32 heavy (non-hydrogen) atoms. The summed E-state index contributed by atoms with van der Waals surface area (Å²) in [5.41, 5.74) is 2.63. The van der Waals surface area contributed by atoms with E-state index in [4.69, 9.17) is 18.9 Å². The van der Waals surface area contributed by atoms with Gasteiger partial charge >= 0.3 is 0 Å². The quantitative estimate of drug-likeness (QED) is 0.569. The van der Waals surface area contributed by atoms with E-state index in [2.05, 4.69) is 4.90 Å². The summed E-state index contributed by atoms with van der Waals surface area (Å²) < 4.78 is 36.8. The Morgan fingerprint density at radius 1 is 0.969 bits per heavy atom. The summed E-state index contributed by atoms with van der Waals surface area (Å²) in [6.45, 7) is 1.82. The predicted octanol–water partition coefficient (Wildman–Crippen LogP) is 4.52. The second kappa shape index (κ2) is 7.39. The molecule has 3 aliphatic heterocycles. The molecule has 0 radical (unpaired) electrons. The Morgan fingerprint density at radius 2 is 1.81 bits per heavy atom. The molecule has 3 aromatic rings. The molecule has 160 valence electrons. The Bertz CT molecular complexity index is 1290. The molecular weight excluding hydrogens is 413 g/mol. The average Bonchev–Trinajstić information content (AvgIpc) is 3.40. The number of hydrogen-bond donors (Lipinski definition) is 0. The van der Waals surface area contributed by atoms with Crippen LogP contribution in [0.15, 0.2) is 60.4 Å². The third-order valence-electron chi connectivity index (χ3n) is 5.72. The number of ether oxygens (including phenoxy) is 4. The standard InChI is InChI=1S/C25H18FNO5/c26-19-4-2-1-3-16(19)10-23-24(28)17-6-8-20-18(25(17)32-23)12-27(13-29-20)11-15-5-7-21-22(9-15)31-14-30-21/h1-10H,11-14H2/b23-10-. The van der Waals surface area contributed by atoms with Gasteiger partial charge in [-0.05, 0) is 42.0 Å². The summed E-state index contributed by atoms with van der Waals surface area (Å²) in [5.74, 6) is 2.07. The normalized spacial score (nSPS) is 17.7. The molecule has 0 atom stereocenters. The Balaban J connectivity index is 1.27. The molecule has 0 fully saturated rings. The lowest BCUT2D eigenvalue weighted by molar-refractivity contribution is 0.0872. The summed E-state index contributed by atoms with van der Waals surface area (Å²) in [7, 11) is 0. The van der Waals surface area contributed by atoms with E-state index in [1.54, 1.807) is 30.3 Å². The zero-order valence-corrected chi connectivity index (χ0v) is 17.0. The van der Waals surface area contributed by atoms with Crippen LogP contribution in [0.4, 0.5) is 4.39 Å². The fourth-order valence-electron chi connectivity index (χ4n) is 4.14. The van der Waals surface area contributed by atoms with Crippen molar-refractivity contribution in [1.29, 1.82) is 0 Å². The van der Waals surface area contributed by atoms with Crippen molar-refractivity contribution in [3.8, 4) is 23.0 Å². The number of hydrogen-bond acceptors (Lipinski definition) is 6. The highest BCUT2D eigenvalue weighted by Crippen LogP contribution is 2.42. The van der Waals surface area contributed by atoms with E-state index >= 15 is 0 Å². The average molecular weight is 431 g/mol. The summed E-state index contributed by atoms with van der Waals surface area (Å²) in [4.78, 5) is 15.0. The molecule has 6 rings (SSSR count). The van der Waals surface area contributed by atoms with E-state index < -0.39 is 5.82 Å². The topological polar surface area (TPSA) is 57.2 Å². The van der Waals surface area contributed by atoms with Crippen LogP contribution in [0.3, 0.4) is 0 Å². The van der Waals surface area contributed by atoms with E-state index in [1.807, 2.05) is 18.2 Å². The third kappa shape index (κ3) is 3.18. The zero-order valence-electron chi connectivity index (χ0n) is 17.0. The number of halogens is 1. The molecule has 0 saturated heterocycles. The van der Waals surface area contributed by atoms with Crippen molar-refractivity contribution in [3.63, 3.8) is 0 Å². The second-order valence-electron chi connectivity index (χ2n) is 7.83. The molecule has 3 aromatic carbocycles. The maximum absolute atomic E-state index is 14.1. The molecule has 0 saturated carbocycles. The Morgan fingerprint density at radius 3 is 2.72 bits per heavy atom. The monoisotopic (exact) mass is 431 g/mol. The van der Waals surface area contributed by atoms with Gasteiger partial charge in [-0.2, -0.15) is 0 Å². The molecule has 0 aliphatic carbocycles. The highest BCUT2D eigenvalue weighted by Gasteiger charge is 2.33. The summed E-state index contributed by atoms with van der Waals surface area (Å²) in [6, 6.07) is 15.6. The fraction of sp³-hybridized carbons (Fsp3) is 0.160. The van der Waals surface area contributed by atoms with Crippen LogP contribution in [0, 0.1) is 5.82 Å². The Labute approximate surface area is 183 Å². The number of ketones is 1. The van der Waals surface area contributed by atoms with E-state index in [0.29, 0.717) is 42.4 Å². The predicted molar refractivity (Wildman–Crippen MR) is 113 cm³/mol.